The van der Waals surface area contributed by atoms with Crippen LogP contribution in [0.5, 0.6) is 11.5 Å². The van der Waals surface area contributed by atoms with Crippen LogP contribution in [0.4, 0.5) is 5.69 Å². The van der Waals surface area contributed by atoms with E-state index in [-0.39, 0.29) is 23.7 Å². The molecule has 1 aliphatic carbocycles. The molecule has 0 spiro atoms. The average molecular weight is 315 g/mol. The Kier molecular flexibility index (Phi) is 3.88. The highest BCUT2D eigenvalue weighted by Gasteiger charge is 2.49. The van der Waals surface area contributed by atoms with Crippen molar-refractivity contribution in [3.63, 3.8) is 0 Å². The van der Waals surface area contributed by atoms with E-state index in [0.717, 1.165) is 0 Å². The summed E-state index contributed by atoms with van der Waals surface area (Å²) >= 11 is 0. The number of allylic oxidation sites excluding steroid dienone is 2. The number of imide groups is 1. The van der Waals surface area contributed by atoms with Gasteiger partial charge in [0.2, 0.25) is 11.8 Å². The minimum atomic E-state index is -0.247. The lowest BCUT2D eigenvalue weighted by Crippen LogP contribution is -2.30. The fraction of sp³-hybridized carbons (Fsp3) is 0.444. The minimum absolute atomic E-state index is 0.123. The van der Waals surface area contributed by atoms with Crippen LogP contribution in [-0.2, 0) is 9.59 Å². The van der Waals surface area contributed by atoms with Gasteiger partial charge < -0.3 is 9.47 Å². The zero-order valence-electron chi connectivity index (χ0n) is 13.9. The number of carbonyl (C=O) groups is 2. The van der Waals surface area contributed by atoms with Gasteiger partial charge in [-0.1, -0.05) is 11.1 Å². The summed E-state index contributed by atoms with van der Waals surface area (Å²) in [5.41, 5.74) is 2.95. The fourth-order valence-corrected chi connectivity index (χ4v) is 3.43. The first-order valence-electron chi connectivity index (χ1n) is 7.72. The summed E-state index contributed by atoms with van der Waals surface area (Å²) < 4.78 is 10.5. The number of anilines is 1. The minimum Gasteiger partial charge on any atom is -0.497 e. The van der Waals surface area contributed by atoms with E-state index in [9.17, 15) is 9.59 Å². The number of nitrogens with zero attached hydrogens (tertiary/aromatic N) is 1. The maximum absolute atomic E-state index is 12.8. The maximum atomic E-state index is 12.8. The third-order valence-corrected chi connectivity index (χ3v) is 4.94. The molecular formula is C18H21NO4. The molecule has 1 saturated heterocycles. The Morgan fingerprint density at radius 2 is 1.30 bits per heavy atom. The lowest BCUT2D eigenvalue weighted by molar-refractivity contribution is -0.122. The van der Waals surface area contributed by atoms with Crippen LogP contribution < -0.4 is 14.4 Å². The van der Waals surface area contributed by atoms with Gasteiger partial charge >= 0.3 is 0 Å². The zero-order chi connectivity index (χ0) is 16.7. The molecule has 5 heteroatoms. The van der Waals surface area contributed by atoms with Crippen LogP contribution in [0.3, 0.4) is 0 Å². The Morgan fingerprint density at radius 3 is 1.70 bits per heavy atom. The molecule has 0 unspecified atom stereocenters. The highest BCUT2D eigenvalue weighted by Crippen LogP contribution is 2.43. The van der Waals surface area contributed by atoms with Crippen LogP contribution in [-0.4, -0.2) is 26.0 Å². The molecule has 23 heavy (non-hydrogen) atoms. The molecular weight excluding hydrogens is 294 g/mol. The highest BCUT2D eigenvalue weighted by atomic mass is 16.5. The number of rotatable bonds is 3. The van der Waals surface area contributed by atoms with Crippen LogP contribution in [0.2, 0.25) is 0 Å². The van der Waals surface area contributed by atoms with Crippen molar-refractivity contribution in [1.82, 2.24) is 0 Å². The van der Waals surface area contributed by atoms with E-state index in [4.69, 9.17) is 9.47 Å². The average Bonchev–Trinajstić information content (AvgIpc) is 2.78. The largest absolute Gasteiger partial charge is 0.497 e. The summed E-state index contributed by atoms with van der Waals surface area (Å²) in [6, 6.07) is 5.11. The first kappa shape index (κ1) is 15.6. The van der Waals surface area contributed by atoms with Gasteiger partial charge in [-0.3, -0.25) is 9.59 Å². The summed E-state index contributed by atoms with van der Waals surface area (Å²) in [4.78, 5) is 26.9. The Morgan fingerprint density at radius 1 is 0.870 bits per heavy atom. The number of hydrogen-bond acceptors (Lipinski definition) is 4. The molecule has 1 heterocycles. The maximum Gasteiger partial charge on any atom is 0.238 e. The quantitative estimate of drug-likeness (QED) is 0.636. The summed E-state index contributed by atoms with van der Waals surface area (Å²) in [5, 5.41) is 0. The van der Waals surface area contributed by atoms with Gasteiger partial charge in [0.1, 0.15) is 11.5 Å². The standard InChI is InChI=1S/C18H21NO4/c1-10-5-15-16(6-11(10)2)18(21)19(17(15)20)12-7-13(22-3)9-14(8-12)23-4/h7-9,15-16H,5-6H2,1-4H3/t15-,16+. The molecule has 1 aliphatic heterocycles. The first-order chi connectivity index (χ1) is 11.0. The summed E-state index contributed by atoms with van der Waals surface area (Å²) in [6.45, 7) is 4.08. The molecule has 0 saturated carbocycles. The number of methoxy groups -OCH3 is 2. The van der Waals surface area contributed by atoms with Crippen molar-refractivity contribution >= 4 is 17.5 Å². The van der Waals surface area contributed by atoms with E-state index in [1.165, 1.54) is 16.0 Å². The van der Waals surface area contributed by atoms with E-state index < -0.39 is 0 Å². The molecule has 0 radical (unpaired) electrons. The second-order valence-electron chi connectivity index (χ2n) is 6.26. The topological polar surface area (TPSA) is 55.8 Å². The van der Waals surface area contributed by atoms with E-state index in [1.807, 2.05) is 13.8 Å². The predicted molar refractivity (Wildman–Crippen MR) is 86.6 cm³/mol. The second-order valence-corrected chi connectivity index (χ2v) is 6.26. The van der Waals surface area contributed by atoms with E-state index in [2.05, 4.69) is 0 Å². The number of fused-ring (bicyclic) bond motifs is 1. The fourth-order valence-electron chi connectivity index (χ4n) is 3.43. The van der Waals surface area contributed by atoms with Crippen LogP contribution in [0, 0.1) is 11.8 Å². The van der Waals surface area contributed by atoms with Crippen molar-refractivity contribution < 1.29 is 19.1 Å². The molecule has 1 aromatic carbocycles. The van der Waals surface area contributed by atoms with Crippen molar-refractivity contribution in [2.45, 2.75) is 26.7 Å². The van der Waals surface area contributed by atoms with Crippen LogP contribution in [0.1, 0.15) is 26.7 Å². The molecule has 3 rings (SSSR count). The van der Waals surface area contributed by atoms with Crippen molar-refractivity contribution in [3.8, 4) is 11.5 Å². The van der Waals surface area contributed by atoms with Gasteiger partial charge in [0.25, 0.3) is 0 Å². The van der Waals surface area contributed by atoms with Crippen molar-refractivity contribution in [2.24, 2.45) is 11.8 Å². The Bertz CT molecular complexity index is 653. The van der Waals surface area contributed by atoms with Crippen molar-refractivity contribution in [3.05, 3.63) is 29.3 Å². The van der Waals surface area contributed by atoms with Gasteiger partial charge in [-0.15, -0.1) is 0 Å². The van der Waals surface area contributed by atoms with Crippen molar-refractivity contribution in [1.29, 1.82) is 0 Å². The van der Waals surface area contributed by atoms with Crippen LogP contribution in [0.25, 0.3) is 0 Å². The SMILES string of the molecule is COc1cc(OC)cc(N2C(=O)[C@H]3CC(C)=C(C)C[C@H]3C2=O)c1. The summed E-state index contributed by atoms with van der Waals surface area (Å²) in [6.07, 6.45) is 1.33. The van der Waals surface area contributed by atoms with E-state index >= 15 is 0 Å². The Hall–Kier alpha value is -2.30. The molecule has 0 aromatic heterocycles. The summed E-state index contributed by atoms with van der Waals surface area (Å²) in [5.74, 6) is 0.372. The molecule has 2 aliphatic rings. The zero-order valence-corrected chi connectivity index (χ0v) is 13.9. The van der Waals surface area contributed by atoms with Crippen molar-refractivity contribution in [2.75, 3.05) is 19.1 Å². The molecule has 2 atom stereocenters. The van der Waals surface area contributed by atoms with Gasteiger partial charge in [0.05, 0.1) is 31.7 Å². The first-order valence-corrected chi connectivity index (χ1v) is 7.72. The molecule has 2 amide bonds. The number of ether oxygens (including phenoxy) is 2. The number of benzene rings is 1. The molecule has 5 nitrogen and oxygen atoms in total. The van der Waals surface area contributed by atoms with Crippen LogP contribution >= 0.6 is 0 Å². The normalized spacial score (nSPS) is 24.1. The Labute approximate surface area is 135 Å². The van der Waals surface area contributed by atoms with Crippen LogP contribution in [0.15, 0.2) is 29.3 Å². The van der Waals surface area contributed by atoms with Gasteiger partial charge in [-0.2, -0.15) is 0 Å². The highest BCUT2D eigenvalue weighted by molar-refractivity contribution is 6.22. The number of hydrogen-bond donors (Lipinski definition) is 0. The van der Waals surface area contributed by atoms with Gasteiger partial charge in [-0.05, 0) is 26.7 Å². The van der Waals surface area contributed by atoms with Gasteiger partial charge in [-0.25, -0.2) is 4.90 Å². The number of amides is 2. The Balaban J connectivity index is 1.99. The van der Waals surface area contributed by atoms with E-state index in [0.29, 0.717) is 30.0 Å². The molecule has 1 aromatic rings. The monoisotopic (exact) mass is 315 g/mol. The number of carbonyl (C=O) groups excluding carboxylic acids is 2. The van der Waals surface area contributed by atoms with Gasteiger partial charge in [0, 0.05) is 18.2 Å². The smallest absolute Gasteiger partial charge is 0.238 e. The predicted octanol–water partition coefficient (Wildman–Crippen LogP) is 2.94. The molecule has 0 bridgehead atoms. The molecule has 0 N–H and O–H groups in total. The lowest BCUT2D eigenvalue weighted by atomic mass is 9.78. The second kappa shape index (κ2) is 5.72. The third kappa shape index (κ3) is 2.50. The van der Waals surface area contributed by atoms with Gasteiger partial charge in [0.15, 0.2) is 0 Å². The third-order valence-electron chi connectivity index (χ3n) is 4.94. The van der Waals surface area contributed by atoms with E-state index in [1.54, 1.807) is 32.4 Å². The molecule has 1 fully saturated rings. The lowest BCUT2D eigenvalue weighted by Gasteiger charge is -2.23. The molecule has 122 valence electrons. The summed E-state index contributed by atoms with van der Waals surface area (Å²) in [7, 11) is 3.09.